The summed E-state index contributed by atoms with van der Waals surface area (Å²) in [4.78, 5) is 11.8. The average Bonchev–Trinajstić information content (AvgIpc) is 2.47. The summed E-state index contributed by atoms with van der Waals surface area (Å²) in [5.41, 5.74) is 10.7. The molecule has 5 heteroatoms. The van der Waals surface area contributed by atoms with Crippen molar-refractivity contribution >= 4 is 33.2 Å². The van der Waals surface area contributed by atoms with Crippen LogP contribution in [0, 0.1) is 0 Å². The van der Waals surface area contributed by atoms with Gasteiger partial charge < -0.3 is 11.5 Å². The van der Waals surface area contributed by atoms with Gasteiger partial charge in [0.05, 0.1) is 3.79 Å². The zero-order valence-electron chi connectivity index (χ0n) is 7.00. The molecule has 0 spiro atoms. The van der Waals surface area contributed by atoms with Crippen molar-refractivity contribution in [1.29, 1.82) is 0 Å². The first-order valence-corrected chi connectivity index (χ1v) is 5.48. The summed E-state index contributed by atoms with van der Waals surface area (Å²) in [5.74, 6) is -0.242. The highest BCUT2D eigenvalue weighted by atomic mass is 79.9. The van der Waals surface area contributed by atoms with Crippen LogP contribution in [0.1, 0.15) is 17.2 Å². The number of halogens is 1. The SMILES string of the molecule is NCC(CC(N)=O)c1ccc(Br)s1. The Hall–Kier alpha value is -0.390. The number of thiophene rings is 1. The number of primary amides is 1. The number of carbonyl (C=O) groups excluding carboxylic acids is 1. The van der Waals surface area contributed by atoms with Gasteiger partial charge in [0, 0.05) is 23.8 Å². The Morgan fingerprint density at radius 3 is 2.69 bits per heavy atom. The van der Waals surface area contributed by atoms with E-state index >= 15 is 0 Å². The molecule has 1 rings (SSSR count). The van der Waals surface area contributed by atoms with Crippen LogP contribution in [0.2, 0.25) is 0 Å². The molecule has 0 fully saturated rings. The van der Waals surface area contributed by atoms with Crippen LogP contribution in [0.5, 0.6) is 0 Å². The largest absolute Gasteiger partial charge is 0.370 e. The molecule has 1 amide bonds. The highest BCUT2D eigenvalue weighted by Gasteiger charge is 2.14. The summed E-state index contributed by atoms with van der Waals surface area (Å²) < 4.78 is 1.05. The molecule has 0 aliphatic rings. The van der Waals surface area contributed by atoms with E-state index in [1.165, 1.54) is 0 Å². The van der Waals surface area contributed by atoms with Crippen LogP contribution in [0.15, 0.2) is 15.9 Å². The lowest BCUT2D eigenvalue weighted by Crippen LogP contribution is -2.20. The van der Waals surface area contributed by atoms with Crippen LogP contribution in [0.3, 0.4) is 0 Å². The van der Waals surface area contributed by atoms with Crippen molar-refractivity contribution in [2.45, 2.75) is 12.3 Å². The standard InChI is InChI=1S/C8H11BrN2OS/c9-7-2-1-6(13-7)5(4-10)3-8(11)12/h1-2,5H,3-4,10H2,(H2,11,12). The topological polar surface area (TPSA) is 69.1 Å². The van der Waals surface area contributed by atoms with Crippen molar-refractivity contribution in [1.82, 2.24) is 0 Å². The number of rotatable bonds is 4. The average molecular weight is 263 g/mol. The second-order valence-corrected chi connectivity index (χ2v) is 5.24. The van der Waals surface area contributed by atoms with Crippen molar-refractivity contribution in [2.24, 2.45) is 11.5 Å². The molecule has 4 N–H and O–H groups in total. The highest BCUT2D eigenvalue weighted by Crippen LogP contribution is 2.29. The molecule has 1 aromatic heterocycles. The lowest BCUT2D eigenvalue weighted by atomic mass is 10.0. The molecule has 0 bridgehead atoms. The molecule has 0 saturated heterocycles. The molecule has 72 valence electrons. The smallest absolute Gasteiger partial charge is 0.218 e. The van der Waals surface area contributed by atoms with Gasteiger partial charge in [-0.25, -0.2) is 0 Å². The zero-order chi connectivity index (χ0) is 9.84. The fraction of sp³-hybridized carbons (Fsp3) is 0.375. The molecular formula is C8H11BrN2OS. The summed E-state index contributed by atoms with van der Waals surface area (Å²) in [5, 5.41) is 0. The van der Waals surface area contributed by atoms with E-state index in [9.17, 15) is 4.79 Å². The molecule has 0 aromatic carbocycles. The molecule has 0 radical (unpaired) electrons. The molecule has 1 heterocycles. The van der Waals surface area contributed by atoms with Gasteiger partial charge in [-0.1, -0.05) is 0 Å². The van der Waals surface area contributed by atoms with E-state index in [-0.39, 0.29) is 11.8 Å². The number of amides is 1. The molecule has 0 saturated carbocycles. The fourth-order valence-corrected chi connectivity index (χ4v) is 2.63. The van der Waals surface area contributed by atoms with E-state index in [1.54, 1.807) is 11.3 Å². The minimum atomic E-state index is -0.306. The van der Waals surface area contributed by atoms with Crippen LogP contribution >= 0.6 is 27.3 Å². The molecular weight excluding hydrogens is 252 g/mol. The van der Waals surface area contributed by atoms with Gasteiger partial charge in [-0.15, -0.1) is 11.3 Å². The van der Waals surface area contributed by atoms with Gasteiger partial charge in [-0.2, -0.15) is 0 Å². The van der Waals surface area contributed by atoms with E-state index < -0.39 is 0 Å². The Morgan fingerprint density at radius 2 is 2.31 bits per heavy atom. The first kappa shape index (κ1) is 10.7. The van der Waals surface area contributed by atoms with Gasteiger partial charge >= 0.3 is 0 Å². The van der Waals surface area contributed by atoms with Gasteiger partial charge in [0.1, 0.15) is 0 Å². The first-order valence-electron chi connectivity index (χ1n) is 3.87. The van der Waals surface area contributed by atoms with Crippen LogP contribution in [0.4, 0.5) is 0 Å². The van der Waals surface area contributed by atoms with Crippen LogP contribution in [-0.2, 0) is 4.79 Å². The third kappa shape index (κ3) is 3.10. The minimum Gasteiger partial charge on any atom is -0.370 e. The van der Waals surface area contributed by atoms with Crippen molar-refractivity contribution in [3.05, 3.63) is 20.8 Å². The zero-order valence-corrected chi connectivity index (χ0v) is 9.40. The Labute approximate surface area is 89.2 Å². The number of hydrogen-bond donors (Lipinski definition) is 2. The molecule has 1 atom stereocenters. The third-order valence-electron chi connectivity index (χ3n) is 1.73. The van der Waals surface area contributed by atoms with Crippen LogP contribution < -0.4 is 11.5 Å². The maximum Gasteiger partial charge on any atom is 0.218 e. The summed E-state index contributed by atoms with van der Waals surface area (Å²) in [6.45, 7) is 0.454. The van der Waals surface area contributed by atoms with Gasteiger partial charge in [0.15, 0.2) is 0 Å². The molecule has 1 unspecified atom stereocenters. The minimum absolute atomic E-state index is 0.0637. The maximum atomic E-state index is 10.7. The fourth-order valence-electron chi connectivity index (χ4n) is 1.09. The van der Waals surface area contributed by atoms with Crippen LogP contribution in [-0.4, -0.2) is 12.5 Å². The Bertz CT molecular complexity index is 300. The van der Waals surface area contributed by atoms with Gasteiger partial charge in [-0.05, 0) is 28.1 Å². The third-order valence-corrected chi connectivity index (χ3v) is 3.51. The van der Waals surface area contributed by atoms with E-state index in [2.05, 4.69) is 15.9 Å². The van der Waals surface area contributed by atoms with E-state index in [0.29, 0.717) is 13.0 Å². The predicted molar refractivity (Wildman–Crippen MR) is 57.6 cm³/mol. The lowest BCUT2D eigenvalue weighted by molar-refractivity contribution is -0.118. The second kappa shape index (κ2) is 4.74. The molecule has 13 heavy (non-hydrogen) atoms. The van der Waals surface area contributed by atoms with E-state index in [1.807, 2.05) is 12.1 Å². The molecule has 0 aliphatic carbocycles. The normalized spacial score (nSPS) is 12.8. The van der Waals surface area contributed by atoms with Crippen molar-refractivity contribution in [3.63, 3.8) is 0 Å². The lowest BCUT2D eigenvalue weighted by Gasteiger charge is -2.09. The Kier molecular flexibility index (Phi) is 3.90. The molecule has 3 nitrogen and oxygen atoms in total. The number of carbonyl (C=O) groups is 1. The van der Waals surface area contributed by atoms with Gasteiger partial charge in [-0.3, -0.25) is 4.79 Å². The van der Waals surface area contributed by atoms with Gasteiger partial charge in [0.25, 0.3) is 0 Å². The quantitative estimate of drug-likeness (QED) is 0.862. The summed E-state index contributed by atoms with van der Waals surface area (Å²) in [6.07, 6.45) is 0.323. The number of nitrogens with two attached hydrogens (primary N) is 2. The van der Waals surface area contributed by atoms with Crippen LogP contribution in [0.25, 0.3) is 0 Å². The summed E-state index contributed by atoms with van der Waals surface area (Å²) >= 11 is 4.95. The van der Waals surface area contributed by atoms with Crippen molar-refractivity contribution in [3.8, 4) is 0 Å². The highest BCUT2D eigenvalue weighted by molar-refractivity contribution is 9.11. The van der Waals surface area contributed by atoms with Gasteiger partial charge in [0.2, 0.25) is 5.91 Å². The molecule has 0 aliphatic heterocycles. The Morgan fingerprint density at radius 1 is 1.62 bits per heavy atom. The van der Waals surface area contributed by atoms with E-state index in [4.69, 9.17) is 11.5 Å². The Balaban J connectivity index is 2.72. The van der Waals surface area contributed by atoms with Crippen molar-refractivity contribution in [2.75, 3.05) is 6.54 Å². The predicted octanol–water partition coefficient (Wildman–Crippen LogP) is 1.43. The second-order valence-electron chi connectivity index (χ2n) is 2.74. The first-order chi connectivity index (χ1) is 6.13. The summed E-state index contributed by atoms with van der Waals surface area (Å²) in [7, 11) is 0. The number of hydrogen-bond acceptors (Lipinski definition) is 3. The van der Waals surface area contributed by atoms with Crippen molar-refractivity contribution < 1.29 is 4.79 Å². The summed E-state index contributed by atoms with van der Waals surface area (Å²) in [6, 6.07) is 3.92. The monoisotopic (exact) mass is 262 g/mol. The van der Waals surface area contributed by atoms with E-state index in [0.717, 1.165) is 8.66 Å². The molecule has 1 aromatic rings. The maximum absolute atomic E-state index is 10.7.